The van der Waals surface area contributed by atoms with Crippen LogP contribution in [0.5, 0.6) is 5.75 Å². The number of rotatable bonds is 8. The van der Waals surface area contributed by atoms with Crippen molar-refractivity contribution in [1.29, 1.82) is 0 Å². The summed E-state index contributed by atoms with van der Waals surface area (Å²) >= 11 is 0. The Morgan fingerprint density at radius 2 is 1.92 bits per heavy atom. The van der Waals surface area contributed by atoms with Gasteiger partial charge >= 0.3 is 0 Å². The molecule has 9 heteroatoms. The van der Waals surface area contributed by atoms with Crippen molar-refractivity contribution in [1.82, 2.24) is 24.5 Å². The fourth-order valence-corrected chi connectivity index (χ4v) is 4.50. The zero-order valence-corrected chi connectivity index (χ0v) is 21.1. The van der Waals surface area contributed by atoms with Gasteiger partial charge in [0.1, 0.15) is 24.0 Å². The van der Waals surface area contributed by atoms with Gasteiger partial charge in [0.15, 0.2) is 0 Å². The minimum absolute atomic E-state index is 0.352. The Balaban J connectivity index is 1.36. The summed E-state index contributed by atoms with van der Waals surface area (Å²) in [6, 6.07) is 8.08. The van der Waals surface area contributed by atoms with Gasteiger partial charge in [-0.15, -0.1) is 0 Å². The standard InChI is InChI=1S/C27H33N7O2/c1-19(2)20-4-5-23(36-15-14-33-13-10-28-18-33)22-17-30-25(16-21(20)22)31-24-6-9-29-26(32-24)34-11-7-27(3,35)8-12-34/h4-6,9-10,13,16-19,35H,7-8,11-12,14-15H2,1-3H3,(H,29,30,31,32). The van der Waals surface area contributed by atoms with Crippen LogP contribution < -0.4 is 15.0 Å². The summed E-state index contributed by atoms with van der Waals surface area (Å²) in [5.41, 5.74) is 0.624. The van der Waals surface area contributed by atoms with Gasteiger partial charge in [-0.05, 0) is 54.8 Å². The van der Waals surface area contributed by atoms with E-state index in [9.17, 15) is 5.11 Å². The molecule has 0 atom stereocenters. The molecule has 4 aromatic rings. The van der Waals surface area contributed by atoms with Crippen LogP contribution in [0, 0.1) is 0 Å². The predicted octanol–water partition coefficient (Wildman–Crippen LogP) is 4.52. The molecule has 0 radical (unpaired) electrons. The van der Waals surface area contributed by atoms with Gasteiger partial charge in [-0.2, -0.15) is 4.98 Å². The number of piperidine rings is 1. The molecular formula is C27H33N7O2. The highest BCUT2D eigenvalue weighted by molar-refractivity contribution is 5.92. The predicted molar refractivity (Wildman–Crippen MR) is 141 cm³/mol. The van der Waals surface area contributed by atoms with Crippen molar-refractivity contribution in [2.45, 2.75) is 51.7 Å². The molecule has 188 valence electrons. The molecule has 36 heavy (non-hydrogen) atoms. The highest BCUT2D eigenvalue weighted by Crippen LogP contribution is 2.34. The molecule has 9 nitrogen and oxygen atoms in total. The third kappa shape index (κ3) is 5.41. The number of nitrogens with zero attached hydrogens (tertiary/aromatic N) is 6. The first kappa shape index (κ1) is 24.0. The Hall–Kier alpha value is -3.72. The first-order valence-electron chi connectivity index (χ1n) is 12.5. The van der Waals surface area contributed by atoms with Gasteiger partial charge in [0, 0.05) is 43.3 Å². The molecule has 2 N–H and O–H groups in total. The smallest absolute Gasteiger partial charge is 0.227 e. The van der Waals surface area contributed by atoms with Gasteiger partial charge in [-0.1, -0.05) is 19.9 Å². The summed E-state index contributed by atoms with van der Waals surface area (Å²) in [7, 11) is 0. The van der Waals surface area contributed by atoms with E-state index in [0.717, 1.165) is 36.2 Å². The second-order valence-corrected chi connectivity index (χ2v) is 9.92. The minimum atomic E-state index is -0.614. The SMILES string of the molecule is CC(C)c1ccc(OCCn2ccnc2)c2cnc(Nc3ccnc(N4CCC(C)(O)CC4)n3)cc12. The number of imidazole rings is 1. The van der Waals surface area contributed by atoms with Crippen LogP contribution in [-0.4, -0.2) is 54.9 Å². The van der Waals surface area contributed by atoms with Crippen molar-refractivity contribution in [3.8, 4) is 5.75 Å². The summed E-state index contributed by atoms with van der Waals surface area (Å²) in [5, 5.41) is 15.7. The molecule has 0 amide bonds. The van der Waals surface area contributed by atoms with E-state index in [1.807, 2.05) is 36.0 Å². The van der Waals surface area contributed by atoms with E-state index in [1.165, 1.54) is 5.56 Å². The van der Waals surface area contributed by atoms with Crippen molar-refractivity contribution < 1.29 is 9.84 Å². The van der Waals surface area contributed by atoms with Crippen LogP contribution in [0.4, 0.5) is 17.6 Å². The topological polar surface area (TPSA) is 101 Å². The summed E-state index contributed by atoms with van der Waals surface area (Å²) in [6.45, 7) is 8.99. The van der Waals surface area contributed by atoms with E-state index in [0.29, 0.717) is 43.0 Å². The molecule has 4 heterocycles. The lowest BCUT2D eigenvalue weighted by atomic mass is 9.94. The van der Waals surface area contributed by atoms with Crippen LogP contribution in [0.15, 0.2) is 55.4 Å². The fourth-order valence-electron chi connectivity index (χ4n) is 4.50. The molecule has 3 aromatic heterocycles. The molecule has 0 bridgehead atoms. The highest BCUT2D eigenvalue weighted by atomic mass is 16.5. The summed E-state index contributed by atoms with van der Waals surface area (Å²) in [6.07, 6.45) is 10.5. The number of benzene rings is 1. The van der Waals surface area contributed by atoms with E-state index < -0.39 is 5.60 Å². The van der Waals surface area contributed by atoms with Crippen molar-refractivity contribution in [2.24, 2.45) is 0 Å². The molecule has 5 rings (SSSR count). The van der Waals surface area contributed by atoms with Crippen LogP contribution in [0.3, 0.4) is 0 Å². The number of pyridine rings is 1. The van der Waals surface area contributed by atoms with E-state index in [1.54, 1.807) is 18.7 Å². The van der Waals surface area contributed by atoms with Crippen molar-refractivity contribution >= 4 is 28.4 Å². The second kappa shape index (κ2) is 10.1. The first-order valence-corrected chi connectivity index (χ1v) is 12.5. The number of hydrogen-bond donors (Lipinski definition) is 2. The molecule has 0 saturated carbocycles. The lowest BCUT2D eigenvalue weighted by molar-refractivity contribution is 0.0349. The Labute approximate surface area is 211 Å². The minimum Gasteiger partial charge on any atom is -0.491 e. The Kier molecular flexibility index (Phi) is 6.73. The molecule has 1 aliphatic rings. The maximum Gasteiger partial charge on any atom is 0.227 e. The van der Waals surface area contributed by atoms with Gasteiger partial charge in [-0.3, -0.25) is 0 Å². The quantitative estimate of drug-likeness (QED) is 0.374. The summed E-state index contributed by atoms with van der Waals surface area (Å²) in [5.74, 6) is 3.23. The number of fused-ring (bicyclic) bond motifs is 1. The first-order chi connectivity index (χ1) is 17.4. The number of aliphatic hydroxyl groups is 1. The molecule has 0 aliphatic carbocycles. The highest BCUT2D eigenvalue weighted by Gasteiger charge is 2.28. The third-order valence-electron chi connectivity index (χ3n) is 6.71. The van der Waals surface area contributed by atoms with Crippen LogP contribution in [-0.2, 0) is 6.54 Å². The molecule has 1 aromatic carbocycles. The van der Waals surface area contributed by atoms with Crippen molar-refractivity contribution in [3.05, 3.63) is 60.9 Å². The molecular weight excluding hydrogens is 454 g/mol. The van der Waals surface area contributed by atoms with E-state index in [2.05, 4.69) is 51.1 Å². The summed E-state index contributed by atoms with van der Waals surface area (Å²) in [4.78, 5) is 20.0. The van der Waals surface area contributed by atoms with Crippen molar-refractivity contribution in [3.63, 3.8) is 0 Å². The average molecular weight is 488 g/mol. The number of ether oxygens (including phenoxy) is 1. The second-order valence-electron chi connectivity index (χ2n) is 9.92. The Bertz CT molecular complexity index is 1310. The molecule has 0 spiro atoms. The molecule has 1 fully saturated rings. The zero-order chi connectivity index (χ0) is 25.1. The maximum absolute atomic E-state index is 10.2. The monoisotopic (exact) mass is 487 g/mol. The fraction of sp³-hybridized carbons (Fsp3) is 0.407. The van der Waals surface area contributed by atoms with Gasteiger partial charge in [0.25, 0.3) is 0 Å². The normalized spacial score (nSPS) is 15.4. The van der Waals surface area contributed by atoms with Gasteiger partial charge in [-0.25, -0.2) is 15.0 Å². The lowest BCUT2D eigenvalue weighted by Gasteiger charge is -2.35. The molecule has 0 unspecified atom stereocenters. The van der Waals surface area contributed by atoms with E-state index in [-0.39, 0.29) is 0 Å². The van der Waals surface area contributed by atoms with Gasteiger partial charge < -0.3 is 24.6 Å². The molecule has 1 saturated heterocycles. The van der Waals surface area contributed by atoms with Gasteiger partial charge in [0.2, 0.25) is 5.95 Å². The number of hydrogen-bond acceptors (Lipinski definition) is 8. The maximum atomic E-state index is 10.2. The zero-order valence-electron chi connectivity index (χ0n) is 21.1. The van der Waals surface area contributed by atoms with E-state index in [4.69, 9.17) is 9.72 Å². The van der Waals surface area contributed by atoms with Crippen LogP contribution >= 0.6 is 0 Å². The lowest BCUT2D eigenvalue weighted by Crippen LogP contribution is -2.43. The van der Waals surface area contributed by atoms with Gasteiger partial charge in [0.05, 0.1) is 18.5 Å². The van der Waals surface area contributed by atoms with Crippen LogP contribution in [0.1, 0.15) is 45.1 Å². The Morgan fingerprint density at radius 1 is 1.08 bits per heavy atom. The number of aromatic nitrogens is 5. The van der Waals surface area contributed by atoms with Crippen LogP contribution in [0.2, 0.25) is 0 Å². The van der Waals surface area contributed by atoms with Crippen molar-refractivity contribution in [2.75, 3.05) is 29.9 Å². The Morgan fingerprint density at radius 3 is 2.67 bits per heavy atom. The molecule has 1 aliphatic heterocycles. The average Bonchev–Trinajstić information content (AvgIpc) is 3.37. The number of anilines is 3. The number of nitrogens with one attached hydrogen (secondary N) is 1. The largest absolute Gasteiger partial charge is 0.491 e. The van der Waals surface area contributed by atoms with E-state index >= 15 is 0 Å². The third-order valence-corrected chi connectivity index (χ3v) is 6.71. The van der Waals surface area contributed by atoms with Crippen LogP contribution in [0.25, 0.3) is 10.8 Å². The summed E-state index contributed by atoms with van der Waals surface area (Å²) < 4.78 is 8.12.